The molecule has 2 aliphatic rings. The van der Waals surface area contributed by atoms with Crippen molar-refractivity contribution < 1.29 is 4.79 Å². The Hall–Kier alpha value is -1.45. The van der Waals surface area contributed by atoms with Crippen molar-refractivity contribution in [1.29, 1.82) is 0 Å². The first-order chi connectivity index (χ1) is 8.63. The third-order valence-corrected chi connectivity index (χ3v) is 4.41. The van der Waals surface area contributed by atoms with Crippen LogP contribution in [0.4, 0.5) is 5.69 Å². The number of nitrogens with one attached hydrogen (secondary N) is 1. The minimum absolute atomic E-state index is 0.0418. The average Bonchev–Trinajstić information content (AvgIpc) is 3.07. The van der Waals surface area contributed by atoms with Gasteiger partial charge in [0.15, 0.2) is 0 Å². The van der Waals surface area contributed by atoms with Crippen LogP contribution in [0.5, 0.6) is 0 Å². The Morgan fingerprint density at radius 2 is 2.28 bits per heavy atom. The molecule has 0 saturated heterocycles. The van der Waals surface area contributed by atoms with Gasteiger partial charge in [-0.05, 0) is 44.6 Å². The van der Waals surface area contributed by atoms with Crippen molar-refractivity contribution in [3.63, 3.8) is 0 Å². The first kappa shape index (κ1) is 11.6. The summed E-state index contributed by atoms with van der Waals surface area (Å²) in [6, 6.07) is 2.29. The average molecular weight is 247 g/mol. The highest BCUT2D eigenvalue weighted by atomic mass is 16.2. The lowest BCUT2D eigenvalue weighted by molar-refractivity contribution is 0.0810. The monoisotopic (exact) mass is 247 g/mol. The molecule has 1 heterocycles. The molecule has 2 aliphatic carbocycles. The van der Waals surface area contributed by atoms with Gasteiger partial charge in [-0.2, -0.15) is 0 Å². The number of nitrogens with zero attached hydrogens (tertiary/aromatic N) is 1. The maximum Gasteiger partial charge on any atom is 0.268 e. The highest BCUT2D eigenvalue weighted by Gasteiger charge is 2.37. The molecule has 0 bridgehead atoms. The zero-order chi connectivity index (χ0) is 12.8. The number of nitrogen functional groups attached to an aromatic ring is 1. The van der Waals surface area contributed by atoms with E-state index in [1.54, 1.807) is 6.07 Å². The van der Waals surface area contributed by atoms with Gasteiger partial charge in [0, 0.05) is 17.8 Å². The summed E-state index contributed by atoms with van der Waals surface area (Å²) < 4.78 is 2.05. The number of carbonyl (C=O) groups excluding carboxylic acids is 1. The van der Waals surface area contributed by atoms with Crippen LogP contribution in [0.3, 0.4) is 0 Å². The van der Waals surface area contributed by atoms with E-state index in [0.29, 0.717) is 11.7 Å². The van der Waals surface area contributed by atoms with E-state index >= 15 is 0 Å². The van der Waals surface area contributed by atoms with Crippen molar-refractivity contribution >= 4 is 11.6 Å². The van der Waals surface area contributed by atoms with E-state index in [1.807, 2.05) is 10.8 Å². The smallest absolute Gasteiger partial charge is 0.268 e. The number of carbonyl (C=O) groups is 1. The van der Waals surface area contributed by atoms with Crippen LogP contribution in [0.15, 0.2) is 12.3 Å². The summed E-state index contributed by atoms with van der Waals surface area (Å²) in [7, 11) is 0. The van der Waals surface area contributed by atoms with Crippen LogP contribution < -0.4 is 11.1 Å². The third-order valence-electron chi connectivity index (χ3n) is 4.41. The normalized spacial score (nSPS) is 21.4. The first-order valence-electron chi connectivity index (χ1n) is 6.93. The van der Waals surface area contributed by atoms with E-state index in [4.69, 9.17) is 5.73 Å². The molecule has 0 aliphatic heterocycles. The van der Waals surface area contributed by atoms with Gasteiger partial charge in [-0.1, -0.05) is 6.92 Å². The zero-order valence-corrected chi connectivity index (χ0v) is 10.9. The fourth-order valence-electron chi connectivity index (χ4n) is 2.81. The largest absolute Gasteiger partial charge is 0.397 e. The van der Waals surface area contributed by atoms with Crippen molar-refractivity contribution in [2.75, 3.05) is 5.73 Å². The predicted octanol–water partition coefficient (Wildman–Crippen LogP) is 2.47. The van der Waals surface area contributed by atoms with E-state index in [2.05, 4.69) is 12.2 Å². The van der Waals surface area contributed by atoms with E-state index in [0.717, 1.165) is 37.8 Å². The zero-order valence-electron chi connectivity index (χ0n) is 10.9. The van der Waals surface area contributed by atoms with Crippen LogP contribution in [-0.2, 0) is 0 Å². The summed E-state index contributed by atoms with van der Waals surface area (Å²) in [6.07, 6.45) is 8.66. The molecule has 4 heteroatoms. The minimum Gasteiger partial charge on any atom is -0.397 e. The molecule has 1 aromatic heterocycles. The van der Waals surface area contributed by atoms with Crippen molar-refractivity contribution in [2.24, 2.45) is 0 Å². The van der Waals surface area contributed by atoms with Gasteiger partial charge in [0.25, 0.3) is 5.91 Å². The standard InChI is InChI=1S/C14H21N3O/c1-2-14(6-3-7-14)16-13(18)12-8-10(15)9-17(12)11-4-5-11/h8-9,11H,2-7,15H2,1H3,(H,16,18). The summed E-state index contributed by atoms with van der Waals surface area (Å²) in [4.78, 5) is 12.4. The van der Waals surface area contributed by atoms with Gasteiger partial charge in [0.05, 0.1) is 5.69 Å². The molecule has 0 unspecified atom stereocenters. The molecule has 0 radical (unpaired) electrons. The Morgan fingerprint density at radius 3 is 2.78 bits per heavy atom. The van der Waals surface area contributed by atoms with Gasteiger partial charge >= 0.3 is 0 Å². The van der Waals surface area contributed by atoms with Crippen LogP contribution >= 0.6 is 0 Å². The summed E-state index contributed by atoms with van der Waals surface area (Å²) >= 11 is 0. The molecule has 1 aromatic rings. The molecule has 2 fully saturated rings. The second-order valence-corrected chi connectivity index (χ2v) is 5.74. The van der Waals surface area contributed by atoms with E-state index < -0.39 is 0 Å². The molecule has 3 rings (SSSR count). The SMILES string of the molecule is CCC1(NC(=O)c2cc(N)cn2C2CC2)CCC1. The van der Waals surface area contributed by atoms with Crippen LogP contribution in [0, 0.1) is 0 Å². The van der Waals surface area contributed by atoms with Crippen molar-refractivity contribution in [3.8, 4) is 0 Å². The van der Waals surface area contributed by atoms with Gasteiger partial charge in [0.1, 0.15) is 5.69 Å². The number of rotatable bonds is 4. The predicted molar refractivity (Wildman–Crippen MR) is 71.5 cm³/mol. The van der Waals surface area contributed by atoms with Crippen molar-refractivity contribution in [2.45, 2.75) is 57.0 Å². The molecular formula is C14H21N3O. The van der Waals surface area contributed by atoms with Crippen molar-refractivity contribution in [3.05, 3.63) is 18.0 Å². The van der Waals surface area contributed by atoms with E-state index in [-0.39, 0.29) is 11.4 Å². The molecule has 98 valence electrons. The Balaban J connectivity index is 1.79. The lowest BCUT2D eigenvalue weighted by atomic mass is 9.75. The van der Waals surface area contributed by atoms with Gasteiger partial charge in [-0.15, -0.1) is 0 Å². The summed E-state index contributed by atoms with van der Waals surface area (Å²) in [6.45, 7) is 2.15. The van der Waals surface area contributed by atoms with Gasteiger partial charge in [-0.25, -0.2) is 0 Å². The fourth-order valence-corrected chi connectivity index (χ4v) is 2.81. The Kier molecular flexibility index (Phi) is 2.61. The molecule has 1 amide bonds. The van der Waals surface area contributed by atoms with Crippen molar-refractivity contribution in [1.82, 2.24) is 9.88 Å². The Labute approximate surface area is 108 Å². The van der Waals surface area contributed by atoms with Crippen LogP contribution in [-0.4, -0.2) is 16.0 Å². The van der Waals surface area contributed by atoms with Gasteiger partial charge in [0.2, 0.25) is 0 Å². The van der Waals surface area contributed by atoms with Crippen LogP contribution in [0.1, 0.15) is 62.0 Å². The maximum atomic E-state index is 12.4. The quantitative estimate of drug-likeness (QED) is 0.858. The summed E-state index contributed by atoms with van der Waals surface area (Å²) in [5, 5.41) is 3.22. The highest BCUT2D eigenvalue weighted by molar-refractivity contribution is 5.94. The molecule has 0 spiro atoms. The molecule has 4 nitrogen and oxygen atoms in total. The molecular weight excluding hydrogens is 226 g/mol. The number of hydrogen-bond acceptors (Lipinski definition) is 2. The van der Waals surface area contributed by atoms with Gasteiger partial charge < -0.3 is 15.6 Å². The van der Waals surface area contributed by atoms with Crippen LogP contribution in [0.25, 0.3) is 0 Å². The first-order valence-corrected chi connectivity index (χ1v) is 6.93. The van der Waals surface area contributed by atoms with E-state index in [1.165, 1.54) is 6.42 Å². The lowest BCUT2D eigenvalue weighted by Gasteiger charge is -2.42. The Morgan fingerprint density at radius 1 is 1.56 bits per heavy atom. The second kappa shape index (κ2) is 4.04. The summed E-state index contributed by atoms with van der Waals surface area (Å²) in [5.74, 6) is 0.0418. The highest BCUT2D eigenvalue weighted by Crippen LogP contribution is 2.38. The number of anilines is 1. The van der Waals surface area contributed by atoms with E-state index in [9.17, 15) is 4.79 Å². The molecule has 2 saturated carbocycles. The molecule has 0 aromatic carbocycles. The molecule has 0 atom stereocenters. The third kappa shape index (κ3) is 1.89. The number of hydrogen-bond donors (Lipinski definition) is 2. The van der Waals surface area contributed by atoms with Gasteiger partial charge in [-0.3, -0.25) is 4.79 Å². The van der Waals surface area contributed by atoms with Crippen LogP contribution in [0.2, 0.25) is 0 Å². The molecule has 18 heavy (non-hydrogen) atoms. The minimum atomic E-state index is 0.0418. The fraction of sp³-hybridized carbons (Fsp3) is 0.643. The maximum absolute atomic E-state index is 12.4. The number of amides is 1. The number of nitrogens with two attached hydrogens (primary N) is 1. The Bertz CT molecular complexity index is 464. The second-order valence-electron chi connectivity index (χ2n) is 5.74. The summed E-state index contributed by atoms with van der Waals surface area (Å²) in [5.41, 5.74) is 7.29. The topological polar surface area (TPSA) is 60.1 Å². The molecule has 3 N–H and O–H groups in total. The lowest BCUT2D eigenvalue weighted by Crippen LogP contribution is -2.53. The number of aromatic nitrogens is 1.